The molecule has 0 fully saturated rings. The minimum Gasteiger partial charge on any atom is -0.508 e. The van der Waals surface area contributed by atoms with Gasteiger partial charge in [-0.1, -0.05) is 77.3 Å². The molecule has 0 spiro atoms. The fourth-order valence-corrected chi connectivity index (χ4v) is 4.74. The van der Waals surface area contributed by atoms with Crippen molar-refractivity contribution in [3.8, 4) is 11.5 Å². The fraction of sp³-hybridized carbons (Fsp3) is 0.538. The van der Waals surface area contributed by atoms with Crippen LogP contribution in [0.3, 0.4) is 0 Å². The molecule has 0 aliphatic carbocycles. The van der Waals surface area contributed by atoms with E-state index in [9.17, 15) is 10.2 Å². The number of phenolic OH excluding ortho intramolecular Hbond substituents is 2. The Labute approximate surface area is 181 Å². The van der Waals surface area contributed by atoms with E-state index < -0.39 is 0 Å². The van der Waals surface area contributed by atoms with E-state index in [1.807, 2.05) is 12.1 Å². The molecule has 0 saturated carbocycles. The predicted molar refractivity (Wildman–Crippen MR) is 125 cm³/mol. The summed E-state index contributed by atoms with van der Waals surface area (Å²) in [6, 6.07) is 11.4. The van der Waals surface area contributed by atoms with Crippen LogP contribution in [0.5, 0.6) is 11.5 Å². The summed E-state index contributed by atoms with van der Waals surface area (Å²) in [5, 5.41) is 20.1. The summed E-state index contributed by atoms with van der Waals surface area (Å²) in [6.45, 7) is 9.08. The number of rotatable bonds is 12. The third kappa shape index (κ3) is 8.74. The molecule has 0 aromatic heterocycles. The largest absolute Gasteiger partial charge is 0.508 e. The van der Waals surface area contributed by atoms with Crippen molar-refractivity contribution >= 4 is 11.8 Å². The van der Waals surface area contributed by atoms with E-state index in [-0.39, 0.29) is 0 Å². The Kier molecular flexibility index (Phi) is 9.93. The Morgan fingerprint density at radius 2 is 1.07 bits per heavy atom. The first-order valence-corrected chi connectivity index (χ1v) is 12.0. The zero-order valence-corrected chi connectivity index (χ0v) is 19.4. The number of aryl methyl sites for hydroxylation is 2. The number of benzene rings is 2. The summed E-state index contributed by atoms with van der Waals surface area (Å²) in [6.07, 6.45) is 9.36. The lowest BCUT2D eigenvalue weighted by molar-refractivity contribution is 0.473. The van der Waals surface area contributed by atoms with Crippen molar-refractivity contribution in [2.45, 2.75) is 88.9 Å². The van der Waals surface area contributed by atoms with Gasteiger partial charge in [-0.3, -0.25) is 0 Å². The predicted octanol–water partition coefficient (Wildman–Crippen LogP) is 7.99. The molecular weight excluding hydrogens is 376 g/mol. The van der Waals surface area contributed by atoms with Crippen LogP contribution >= 0.6 is 11.8 Å². The highest BCUT2D eigenvalue weighted by molar-refractivity contribution is 7.99. The number of phenols is 2. The first kappa shape index (κ1) is 23.7. The van der Waals surface area contributed by atoms with Gasteiger partial charge in [0.2, 0.25) is 0 Å². The van der Waals surface area contributed by atoms with Gasteiger partial charge in [-0.25, -0.2) is 0 Å². The van der Waals surface area contributed by atoms with Crippen LogP contribution in [0, 0.1) is 11.8 Å². The molecule has 0 aliphatic rings. The molecule has 0 saturated heterocycles. The second kappa shape index (κ2) is 12.2. The molecule has 3 heteroatoms. The van der Waals surface area contributed by atoms with Gasteiger partial charge >= 0.3 is 0 Å². The molecule has 29 heavy (non-hydrogen) atoms. The normalized spacial score (nSPS) is 11.5. The van der Waals surface area contributed by atoms with E-state index in [1.165, 1.54) is 49.7 Å². The summed E-state index contributed by atoms with van der Waals surface area (Å²) >= 11 is 1.68. The summed E-state index contributed by atoms with van der Waals surface area (Å²) in [5.74, 6) is 2.09. The summed E-state index contributed by atoms with van der Waals surface area (Å²) in [4.78, 5) is 2.20. The Morgan fingerprint density at radius 1 is 0.655 bits per heavy atom. The van der Waals surface area contributed by atoms with Crippen LogP contribution in [0.4, 0.5) is 0 Å². The van der Waals surface area contributed by atoms with E-state index in [4.69, 9.17) is 0 Å². The summed E-state index contributed by atoms with van der Waals surface area (Å²) in [7, 11) is 0. The maximum Gasteiger partial charge on any atom is 0.116 e. The quantitative estimate of drug-likeness (QED) is 0.346. The van der Waals surface area contributed by atoms with Gasteiger partial charge in [-0.15, -0.1) is 0 Å². The van der Waals surface area contributed by atoms with Crippen molar-refractivity contribution in [3.05, 3.63) is 47.5 Å². The number of hydrogen-bond acceptors (Lipinski definition) is 3. The average molecular weight is 415 g/mol. The van der Waals surface area contributed by atoms with Gasteiger partial charge in [-0.05, 0) is 72.9 Å². The molecule has 0 aliphatic heterocycles. The highest BCUT2D eigenvalue weighted by Gasteiger charge is 2.11. The molecule has 0 bridgehead atoms. The molecule has 2 aromatic carbocycles. The van der Waals surface area contributed by atoms with Crippen LogP contribution in [0.2, 0.25) is 0 Å². The minimum atomic E-state index is 0.303. The van der Waals surface area contributed by atoms with Crippen molar-refractivity contribution in [2.75, 3.05) is 0 Å². The van der Waals surface area contributed by atoms with Crippen LogP contribution in [0.1, 0.15) is 77.3 Å². The van der Waals surface area contributed by atoms with Gasteiger partial charge in [0.05, 0.1) is 0 Å². The average Bonchev–Trinajstić information content (AvgIpc) is 2.65. The van der Waals surface area contributed by atoms with Crippen LogP contribution < -0.4 is 0 Å². The van der Waals surface area contributed by atoms with Crippen LogP contribution in [-0.4, -0.2) is 10.2 Å². The summed E-state index contributed by atoms with van der Waals surface area (Å²) in [5.41, 5.74) is 2.57. The Hall–Kier alpha value is -1.61. The SMILES string of the molecule is CC(C)CCCCc1ccc(O)cc1Sc1cc(O)ccc1CCCCC(C)C. The second-order valence-electron chi connectivity index (χ2n) is 8.97. The summed E-state index contributed by atoms with van der Waals surface area (Å²) < 4.78 is 0. The molecule has 2 rings (SSSR count). The molecule has 2 aromatic rings. The molecular formula is C26H38O2S. The number of unbranched alkanes of at least 4 members (excludes halogenated alkanes) is 2. The zero-order valence-electron chi connectivity index (χ0n) is 18.6. The van der Waals surface area contributed by atoms with Gasteiger partial charge in [0.1, 0.15) is 11.5 Å². The number of hydrogen-bond donors (Lipinski definition) is 2. The maximum absolute atomic E-state index is 10.0. The van der Waals surface area contributed by atoms with E-state index in [0.29, 0.717) is 11.5 Å². The fourth-order valence-electron chi connectivity index (χ4n) is 3.54. The molecule has 0 amide bonds. The van der Waals surface area contributed by atoms with Gasteiger partial charge in [-0.2, -0.15) is 0 Å². The number of aromatic hydroxyl groups is 2. The van der Waals surface area contributed by atoms with Crippen molar-refractivity contribution in [3.63, 3.8) is 0 Å². The Bertz CT molecular complexity index is 689. The van der Waals surface area contributed by atoms with Gasteiger partial charge in [0, 0.05) is 9.79 Å². The lowest BCUT2D eigenvalue weighted by Gasteiger charge is -2.14. The van der Waals surface area contributed by atoms with E-state index >= 15 is 0 Å². The van der Waals surface area contributed by atoms with E-state index in [1.54, 1.807) is 23.9 Å². The third-order valence-electron chi connectivity index (χ3n) is 5.28. The zero-order chi connectivity index (χ0) is 21.2. The molecule has 0 heterocycles. The second-order valence-corrected chi connectivity index (χ2v) is 10.0. The molecule has 0 atom stereocenters. The van der Waals surface area contributed by atoms with Crippen LogP contribution in [0.25, 0.3) is 0 Å². The van der Waals surface area contributed by atoms with Crippen molar-refractivity contribution < 1.29 is 10.2 Å². The first-order valence-electron chi connectivity index (χ1n) is 11.2. The Balaban J connectivity index is 2.11. The molecule has 0 radical (unpaired) electrons. The molecule has 0 unspecified atom stereocenters. The highest BCUT2D eigenvalue weighted by atomic mass is 32.2. The Morgan fingerprint density at radius 3 is 1.45 bits per heavy atom. The van der Waals surface area contributed by atoms with Crippen LogP contribution in [-0.2, 0) is 12.8 Å². The van der Waals surface area contributed by atoms with Crippen LogP contribution in [0.15, 0.2) is 46.2 Å². The smallest absolute Gasteiger partial charge is 0.116 e. The lowest BCUT2D eigenvalue weighted by Crippen LogP contribution is -1.94. The van der Waals surface area contributed by atoms with Crippen molar-refractivity contribution in [2.24, 2.45) is 11.8 Å². The topological polar surface area (TPSA) is 40.5 Å². The maximum atomic E-state index is 10.0. The van der Waals surface area contributed by atoms with Crippen molar-refractivity contribution in [1.29, 1.82) is 0 Å². The highest BCUT2D eigenvalue weighted by Crippen LogP contribution is 2.37. The van der Waals surface area contributed by atoms with E-state index in [2.05, 4.69) is 39.8 Å². The first-order chi connectivity index (χ1) is 13.8. The standard InChI is InChI=1S/C26H38O2S/c1-19(2)9-5-7-11-21-13-15-23(27)17-25(21)29-26-18-24(28)16-14-22(26)12-8-6-10-20(3)4/h13-20,27-28H,5-12H2,1-4H3. The monoisotopic (exact) mass is 414 g/mol. The van der Waals surface area contributed by atoms with Gasteiger partial charge in [0.15, 0.2) is 0 Å². The minimum absolute atomic E-state index is 0.303. The van der Waals surface area contributed by atoms with Crippen molar-refractivity contribution in [1.82, 2.24) is 0 Å². The molecule has 2 nitrogen and oxygen atoms in total. The molecule has 2 N–H and O–H groups in total. The van der Waals surface area contributed by atoms with E-state index in [0.717, 1.165) is 34.5 Å². The molecule has 160 valence electrons. The van der Waals surface area contributed by atoms with Gasteiger partial charge < -0.3 is 10.2 Å². The van der Waals surface area contributed by atoms with Gasteiger partial charge in [0.25, 0.3) is 0 Å². The third-order valence-corrected chi connectivity index (χ3v) is 6.48. The lowest BCUT2D eigenvalue weighted by atomic mass is 10.0.